The van der Waals surface area contributed by atoms with Crippen LogP contribution in [-0.2, 0) is 9.47 Å². The first-order valence-corrected chi connectivity index (χ1v) is 6.19. The van der Waals surface area contributed by atoms with Crippen molar-refractivity contribution in [2.75, 3.05) is 26.4 Å². The van der Waals surface area contributed by atoms with E-state index in [9.17, 15) is 0 Å². The molecule has 2 aliphatic rings. The van der Waals surface area contributed by atoms with E-state index in [4.69, 9.17) is 9.47 Å². The summed E-state index contributed by atoms with van der Waals surface area (Å²) in [5.41, 5.74) is 0.0432. The molecule has 2 heterocycles. The van der Waals surface area contributed by atoms with Crippen LogP contribution in [0.15, 0.2) is 0 Å². The van der Waals surface area contributed by atoms with Gasteiger partial charge in [0.25, 0.3) is 0 Å². The quantitative estimate of drug-likeness (QED) is 0.772. The monoisotopic (exact) mass is 213 g/mol. The fourth-order valence-corrected chi connectivity index (χ4v) is 2.85. The number of rotatable bonds is 3. The van der Waals surface area contributed by atoms with Gasteiger partial charge in [0.15, 0.2) is 0 Å². The van der Waals surface area contributed by atoms with Gasteiger partial charge in [0, 0.05) is 25.2 Å². The first-order valence-electron chi connectivity index (χ1n) is 6.19. The molecule has 88 valence electrons. The molecule has 0 aromatic carbocycles. The lowest BCUT2D eigenvalue weighted by Crippen LogP contribution is -2.49. The first kappa shape index (κ1) is 11.4. The molecular weight excluding hydrogens is 190 g/mol. The molecule has 0 spiro atoms. The van der Waals surface area contributed by atoms with Crippen molar-refractivity contribution >= 4 is 0 Å². The van der Waals surface area contributed by atoms with Crippen LogP contribution in [0.5, 0.6) is 0 Å². The van der Waals surface area contributed by atoms with E-state index in [-0.39, 0.29) is 5.60 Å². The van der Waals surface area contributed by atoms with E-state index in [1.807, 2.05) is 0 Å². The van der Waals surface area contributed by atoms with Gasteiger partial charge in [-0.3, -0.25) is 0 Å². The molecule has 0 aromatic rings. The van der Waals surface area contributed by atoms with E-state index in [0.29, 0.717) is 12.0 Å². The number of hydrogen-bond donors (Lipinski definition) is 1. The number of hydrogen-bond acceptors (Lipinski definition) is 3. The van der Waals surface area contributed by atoms with Crippen molar-refractivity contribution in [1.82, 2.24) is 5.32 Å². The maximum atomic E-state index is 6.01. The molecule has 3 heteroatoms. The van der Waals surface area contributed by atoms with E-state index in [1.165, 1.54) is 0 Å². The van der Waals surface area contributed by atoms with Crippen molar-refractivity contribution in [3.63, 3.8) is 0 Å². The van der Waals surface area contributed by atoms with E-state index >= 15 is 0 Å². The fourth-order valence-electron chi connectivity index (χ4n) is 2.85. The van der Waals surface area contributed by atoms with Gasteiger partial charge in [-0.25, -0.2) is 0 Å². The maximum absolute atomic E-state index is 6.01. The summed E-state index contributed by atoms with van der Waals surface area (Å²) < 4.78 is 11.5. The van der Waals surface area contributed by atoms with Crippen molar-refractivity contribution in [2.24, 2.45) is 5.92 Å². The van der Waals surface area contributed by atoms with Crippen LogP contribution in [0.2, 0.25) is 0 Å². The van der Waals surface area contributed by atoms with Gasteiger partial charge in [0.05, 0.1) is 12.2 Å². The minimum atomic E-state index is 0.0432. The van der Waals surface area contributed by atoms with Gasteiger partial charge in [-0.1, -0.05) is 6.92 Å². The second-order valence-corrected chi connectivity index (χ2v) is 4.97. The average molecular weight is 213 g/mol. The maximum Gasteiger partial charge on any atom is 0.0720 e. The van der Waals surface area contributed by atoms with Crippen molar-refractivity contribution < 1.29 is 9.47 Å². The van der Waals surface area contributed by atoms with E-state index in [0.717, 1.165) is 45.6 Å². The molecule has 2 aliphatic heterocycles. The second-order valence-electron chi connectivity index (χ2n) is 4.97. The summed E-state index contributed by atoms with van der Waals surface area (Å²) in [7, 11) is 0. The summed E-state index contributed by atoms with van der Waals surface area (Å²) in [6.07, 6.45) is 3.45. The predicted molar refractivity (Wildman–Crippen MR) is 60.0 cm³/mol. The van der Waals surface area contributed by atoms with Gasteiger partial charge in [-0.15, -0.1) is 0 Å². The van der Waals surface area contributed by atoms with E-state index in [2.05, 4.69) is 19.2 Å². The Hall–Kier alpha value is -0.120. The molecule has 0 saturated carbocycles. The summed E-state index contributed by atoms with van der Waals surface area (Å²) in [4.78, 5) is 0. The molecule has 2 fully saturated rings. The molecule has 0 aromatic heterocycles. The normalized spacial score (nSPS) is 42.0. The van der Waals surface area contributed by atoms with Gasteiger partial charge in [0.2, 0.25) is 0 Å². The molecule has 2 rings (SSSR count). The Bertz CT molecular complexity index is 202. The summed E-state index contributed by atoms with van der Waals surface area (Å²) in [5.74, 6) is 0.596. The van der Waals surface area contributed by atoms with Gasteiger partial charge < -0.3 is 14.8 Å². The summed E-state index contributed by atoms with van der Waals surface area (Å²) >= 11 is 0. The molecular formula is C12H23NO2. The molecule has 0 aliphatic carbocycles. The number of nitrogens with one attached hydrogen (secondary N) is 1. The van der Waals surface area contributed by atoms with Gasteiger partial charge in [0.1, 0.15) is 0 Å². The Balaban J connectivity index is 1.94. The van der Waals surface area contributed by atoms with Crippen molar-refractivity contribution in [2.45, 2.75) is 44.8 Å². The third kappa shape index (κ3) is 2.52. The van der Waals surface area contributed by atoms with Crippen LogP contribution in [0.4, 0.5) is 0 Å². The lowest BCUT2D eigenvalue weighted by molar-refractivity contribution is -0.112. The third-order valence-electron chi connectivity index (χ3n) is 3.84. The first-order chi connectivity index (χ1) is 7.24. The Kier molecular flexibility index (Phi) is 3.65. The molecule has 3 atom stereocenters. The zero-order chi connectivity index (χ0) is 10.7. The lowest BCUT2D eigenvalue weighted by atomic mass is 9.80. The topological polar surface area (TPSA) is 30.5 Å². The lowest BCUT2D eigenvalue weighted by Gasteiger charge is -2.42. The third-order valence-corrected chi connectivity index (χ3v) is 3.84. The molecule has 0 radical (unpaired) electrons. The summed E-state index contributed by atoms with van der Waals surface area (Å²) in [6, 6.07) is 0.634. The Morgan fingerprint density at radius 3 is 2.87 bits per heavy atom. The highest BCUT2D eigenvalue weighted by molar-refractivity contribution is 4.93. The summed E-state index contributed by atoms with van der Waals surface area (Å²) in [6.45, 7) is 8.18. The molecule has 0 amide bonds. The van der Waals surface area contributed by atoms with E-state index in [1.54, 1.807) is 0 Å². The van der Waals surface area contributed by atoms with Gasteiger partial charge >= 0.3 is 0 Å². The highest BCUT2D eigenvalue weighted by Gasteiger charge is 2.41. The Morgan fingerprint density at radius 2 is 2.20 bits per heavy atom. The summed E-state index contributed by atoms with van der Waals surface area (Å²) in [5, 5.41) is 3.54. The molecule has 0 bridgehead atoms. The Morgan fingerprint density at radius 1 is 1.33 bits per heavy atom. The van der Waals surface area contributed by atoms with Gasteiger partial charge in [-0.2, -0.15) is 0 Å². The zero-order valence-electron chi connectivity index (χ0n) is 9.92. The fraction of sp³-hybridized carbons (Fsp3) is 1.00. The Labute approximate surface area is 92.5 Å². The second kappa shape index (κ2) is 4.81. The van der Waals surface area contributed by atoms with Crippen LogP contribution in [0, 0.1) is 5.92 Å². The smallest absolute Gasteiger partial charge is 0.0720 e. The largest absolute Gasteiger partial charge is 0.381 e. The molecule has 15 heavy (non-hydrogen) atoms. The van der Waals surface area contributed by atoms with Crippen LogP contribution in [0.25, 0.3) is 0 Å². The minimum Gasteiger partial charge on any atom is -0.381 e. The molecule has 3 nitrogen and oxygen atoms in total. The molecule has 2 saturated heterocycles. The average Bonchev–Trinajstić information content (AvgIpc) is 2.71. The van der Waals surface area contributed by atoms with E-state index < -0.39 is 0 Å². The van der Waals surface area contributed by atoms with Crippen LogP contribution >= 0.6 is 0 Å². The van der Waals surface area contributed by atoms with Crippen LogP contribution in [0.3, 0.4) is 0 Å². The standard InChI is InChI=1S/C12H23NO2/c1-3-13-11-5-7-15-12(2,8-11)10-4-6-14-9-10/h10-11,13H,3-9H2,1-2H3. The highest BCUT2D eigenvalue weighted by atomic mass is 16.5. The predicted octanol–water partition coefficient (Wildman–Crippen LogP) is 1.57. The van der Waals surface area contributed by atoms with Crippen LogP contribution in [0.1, 0.15) is 33.1 Å². The molecule has 3 unspecified atom stereocenters. The van der Waals surface area contributed by atoms with Crippen molar-refractivity contribution in [3.05, 3.63) is 0 Å². The van der Waals surface area contributed by atoms with Crippen LogP contribution < -0.4 is 5.32 Å². The molecule has 1 N–H and O–H groups in total. The SMILES string of the molecule is CCNC1CCOC(C)(C2CCOC2)C1. The number of ether oxygens (including phenoxy) is 2. The van der Waals surface area contributed by atoms with Gasteiger partial charge in [-0.05, 0) is 32.7 Å². The minimum absolute atomic E-state index is 0.0432. The zero-order valence-corrected chi connectivity index (χ0v) is 9.92. The van der Waals surface area contributed by atoms with Crippen LogP contribution in [-0.4, -0.2) is 38.0 Å². The van der Waals surface area contributed by atoms with Crippen molar-refractivity contribution in [3.8, 4) is 0 Å². The van der Waals surface area contributed by atoms with Crippen molar-refractivity contribution in [1.29, 1.82) is 0 Å². The highest BCUT2D eigenvalue weighted by Crippen LogP contribution is 2.36.